The number of aromatic nitrogens is 6. The fourth-order valence-electron chi connectivity index (χ4n) is 3.73. The number of H-pyrrole nitrogens is 1. The molecule has 10 nitrogen and oxygen atoms in total. The van der Waals surface area contributed by atoms with Crippen LogP contribution in [0, 0.1) is 5.41 Å². The van der Waals surface area contributed by atoms with Gasteiger partial charge in [0, 0.05) is 36.3 Å². The number of anilines is 1. The maximum atomic E-state index is 6.14. The predicted molar refractivity (Wildman–Crippen MR) is 131 cm³/mol. The number of nitrogens with zero attached hydrogens (tertiary/aromatic N) is 5. The fraction of sp³-hybridized carbons (Fsp3) is 0.391. The zero-order valence-electron chi connectivity index (χ0n) is 19.5. The van der Waals surface area contributed by atoms with Gasteiger partial charge in [0.25, 0.3) is 0 Å². The van der Waals surface area contributed by atoms with Gasteiger partial charge >= 0.3 is 0 Å². The average Bonchev–Trinajstić information content (AvgIpc) is 3.45. The summed E-state index contributed by atoms with van der Waals surface area (Å²) in [6.07, 6.45) is 3.28. The standard InChI is InChI=1S/C23H28N8O2S/c1-23(2,3)12-25-6-7-31-21-19(20(24)26-13-27-21)29-22(31)34-18-11-17-16(32-8-9-33-17)10-14(18)15-4-5-28-30-15/h4-5,10-11,13,25H,6-9,12H2,1-3H3,(H,28,30)(H2,24,26,27). The summed E-state index contributed by atoms with van der Waals surface area (Å²) >= 11 is 1.52. The van der Waals surface area contributed by atoms with Gasteiger partial charge in [-0.15, -0.1) is 0 Å². The van der Waals surface area contributed by atoms with Crippen molar-refractivity contribution in [1.82, 2.24) is 35.0 Å². The molecule has 0 saturated carbocycles. The van der Waals surface area contributed by atoms with Crippen molar-refractivity contribution in [2.45, 2.75) is 37.4 Å². The summed E-state index contributed by atoms with van der Waals surface area (Å²) in [6, 6.07) is 5.89. The Hall–Kier alpha value is -3.31. The van der Waals surface area contributed by atoms with Crippen molar-refractivity contribution in [3.8, 4) is 22.8 Å². The zero-order valence-corrected chi connectivity index (χ0v) is 20.3. The topological polar surface area (TPSA) is 129 Å². The van der Waals surface area contributed by atoms with E-state index in [-0.39, 0.29) is 5.41 Å². The van der Waals surface area contributed by atoms with E-state index in [4.69, 9.17) is 20.2 Å². The van der Waals surface area contributed by atoms with Crippen molar-refractivity contribution >= 4 is 28.7 Å². The molecule has 0 aliphatic carbocycles. The van der Waals surface area contributed by atoms with Gasteiger partial charge in [0.1, 0.15) is 19.5 Å². The lowest BCUT2D eigenvalue weighted by molar-refractivity contribution is 0.171. The molecule has 0 amide bonds. The Labute approximate surface area is 201 Å². The van der Waals surface area contributed by atoms with Crippen LogP contribution in [0.1, 0.15) is 20.8 Å². The van der Waals surface area contributed by atoms with E-state index in [1.54, 1.807) is 6.20 Å². The molecule has 0 unspecified atom stereocenters. The van der Waals surface area contributed by atoms with Crippen LogP contribution < -0.4 is 20.5 Å². The number of nitrogens with two attached hydrogens (primary N) is 1. The maximum absolute atomic E-state index is 6.14. The number of benzene rings is 1. The second-order valence-corrected chi connectivity index (χ2v) is 10.3. The first-order valence-corrected chi connectivity index (χ1v) is 12.0. The molecule has 3 aromatic heterocycles. The van der Waals surface area contributed by atoms with Gasteiger partial charge in [0.15, 0.2) is 33.6 Å². The highest BCUT2D eigenvalue weighted by Gasteiger charge is 2.22. The number of ether oxygens (including phenoxy) is 2. The highest BCUT2D eigenvalue weighted by Crippen LogP contribution is 2.43. The van der Waals surface area contributed by atoms with Gasteiger partial charge in [-0.1, -0.05) is 32.5 Å². The van der Waals surface area contributed by atoms with Gasteiger partial charge in [0.05, 0.1) is 5.69 Å². The molecule has 0 atom stereocenters. The molecular weight excluding hydrogens is 452 g/mol. The highest BCUT2D eigenvalue weighted by molar-refractivity contribution is 7.99. The third kappa shape index (κ3) is 4.66. The molecule has 0 radical (unpaired) electrons. The van der Waals surface area contributed by atoms with Crippen molar-refractivity contribution in [3.05, 3.63) is 30.7 Å². The summed E-state index contributed by atoms with van der Waals surface area (Å²) in [4.78, 5) is 14.4. The lowest BCUT2D eigenvalue weighted by Gasteiger charge is -2.21. The molecule has 0 saturated heterocycles. The Morgan fingerprint density at radius 1 is 1.18 bits per heavy atom. The number of nitrogen functional groups attached to an aromatic ring is 1. The van der Waals surface area contributed by atoms with Crippen molar-refractivity contribution in [1.29, 1.82) is 0 Å². The molecule has 0 bridgehead atoms. The molecule has 1 aliphatic rings. The summed E-state index contributed by atoms with van der Waals surface area (Å²) in [5.41, 5.74) is 9.39. The number of hydrogen-bond donors (Lipinski definition) is 3. The van der Waals surface area contributed by atoms with Crippen LogP contribution in [-0.4, -0.2) is 56.0 Å². The number of hydrogen-bond acceptors (Lipinski definition) is 9. The minimum atomic E-state index is 0.199. The molecule has 1 aliphatic heterocycles. The van der Waals surface area contributed by atoms with Gasteiger partial charge in [-0.2, -0.15) is 5.10 Å². The molecule has 4 heterocycles. The Balaban J connectivity index is 1.53. The first-order valence-electron chi connectivity index (χ1n) is 11.2. The number of nitrogens with one attached hydrogen (secondary N) is 2. The average molecular weight is 481 g/mol. The molecule has 178 valence electrons. The van der Waals surface area contributed by atoms with E-state index in [0.29, 0.717) is 48.2 Å². The lowest BCUT2D eigenvalue weighted by atomic mass is 9.97. The van der Waals surface area contributed by atoms with E-state index in [9.17, 15) is 0 Å². The summed E-state index contributed by atoms with van der Waals surface area (Å²) < 4.78 is 13.7. The first kappa shape index (κ1) is 22.5. The highest BCUT2D eigenvalue weighted by atomic mass is 32.2. The van der Waals surface area contributed by atoms with Gasteiger partial charge in [-0.05, 0) is 23.6 Å². The van der Waals surface area contributed by atoms with E-state index in [0.717, 1.165) is 34.4 Å². The van der Waals surface area contributed by atoms with Crippen molar-refractivity contribution in [2.75, 3.05) is 32.0 Å². The first-order chi connectivity index (χ1) is 16.4. The Morgan fingerprint density at radius 2 is 1.97 bits per heavy atom. The van der Waals surface area contributed by atoms with E-state index in [2.05, 4.69) is 50.8 Å². The van der Waals surface area contributed by atoms with Gasteiger partial charge in [-0.25, -0.2) is 15.0 Å². The quantitative estimate of drug-likeness (QED) is 0.341. The molecule has 11 heteroatoms. The summed E-state index contributed by atoms with van der Waals surface area (Å²) in [6.45, 7) is 10.0. The largest absolute Gasteiger partial charge is 0.486 e. The monoisotopic (exact) mass is 480 g/mol. The fourth-order valence-corrected chi connectivity index (χ4v) is 4.79. The van der Waals surface area contributed by atoms with Crippen LogP contribution >= 0.6 is 11.8 Å². The summed E-state index contributed by atoms with van der Waals surface area (Å²) in [7, 11) is 0. The molecule has 1 aromatic carbocycles. The van der Waals surface area contributed by atoms with E-state index in [1.807, 2.05) is 18.2 Å². The molecular formula is C23H28N8O2S. The van der Waals surface area contributed by atoms with Gasteiger partial charge in [-0.3, -0.25) is 5.10 Å². The van der Waals surface area contributed by atoms with Crippen LogP contribution in [0.4, 0.5) is 5.82 Å². The van der Waals surface area contributed by atoms with E-state index in [1.165, 1.54) is 18.1 Å². The van der Waals surface area contributed by atoms with Crippen LogP contribution in [-0.2, 0) is 6.54 Å². The molecule has 5 rings (SSSR count). The number of aromatic amines is 1. The summed E-state index contributed by atoms with van der Waals surface area (Å²) in [5.74, 6) is 1.79. The predicted octanol–water partition coefficient (Wildman–Crippen LogP) is 3.36. The molecule has 0 fully saturated rings. The van der Waals surface area contributed by atoms with Crippen molar-refractivity contribution in [2.24, 2.45) is 5.41 Å². The lowest BCUT2D eigenvalue weighted by Crippen LogP contribution is -2.29. The number of rotatable bonds is 7. The SMILES string of the molecule is CC(C)(C)CNCCn1c(Sc2cc3c(cc2-c2cc[nH]n2)OCCO3)nc2c(N)ncnc21. The zero-order chi connectivity index (χ0) is 23.7. The minimum absolute atomic E-state index is 0.199. The Bertz CT molecular complexity index is 1300. The second-order valence-electron chi connectivity index (χ2n) is 9.27. The third-order valence-corrected chi connectivity index (χ3v) is 6.37. The normalized spacial score (nSPS) is 13.5. The molecule has 4 aromatic rings. The Morgan fingerprint density at radius 3 is 2.71 bits per heavy atom. The van der Waals surface area contributed by atoms with Crippen molar-refractivity contribution in [3.63, 3.8) is 0 Å². The Kier molecular flexibility index (Phi) is 6.05. The van der Waals surface area contributed by atoms with Crippen LogP contribution in [0.5, 0.6) is 11.5 Å². The molecule has 34 heavy (non-hydrogen) atoms. The minimum Gasteiger partial charge on any atom is -0.486 e. The molecule has 4 N–H and O–H groups in total. The van der Waals surface area contributed by atoms with Crippen LogP contribution in [0.15, 0.2) is 40.8 Å². The maximum Gasteiger partial charge on any atom is 0.175 e. The third-order valence-electron chi connectivity index (χ3n) is 5.32. The second kappa shape index (κ2) is 9.15. The summed E-state index contributed by atoms with van der Waals surface area (Å²) in [5, 5.41) is 11.6. The van der Waals surface area contributed by atoms with Crippen LogP contribution in [0.2, 0.25) is 0 Å². The van der Waals surface area contributed by atoms with E-state index < -0.39 is 0 Å². The van der Waals surface area contributed by atoms with Gasteiger partial charge < -0.3 is 25.1 Å². The van der Waals surface area contributed by atoms with Gasteiger partial charge in [0.2, 0.25) is 0 Å². The molecule has 0 spiro atoms. The van der Waals surface area contributed by atoms with Crippen molar-refractivity contribution < 1.29 is 9.47 Å². The number of fused-ring (bicyclic) bond motifs is 2. The number of imidazole rings is 1. The van der Waals surface area contributed by atoms with Crippen LogP contribution in [0.3, 0.4) is 0 Å². The van der Waals surface area contributed by atoms with E-state index >= 15 is 0 Å². The smallest absolute Gasteiger partial charge is 0.175 e. The van der Waals surface area contributed by atoms with Crippen LogP contribution in [0.25, 0.3) is 22.4 Å².